The fraction of sp³-hybridized carbons (Fsp3) is 0.933. The summed E-state index contributed by atoms with van der Waals surface area (Å²) in [5.41, 5.74) is -0.564. The zero-order chi connectivity index (χ0) is 15.1. The Hall–Kier alpha value is -0.610. The maximum absolute atomic E-state index is 11.3. The highest BCUT2D eigenvalue weighted by molar-refractivity contribution is 5.78. The smallest absolute Gasteiger partial charge is 0.323 e. The fourth-order valence-electron chi connectivity index (χ4n) is 2.06. The van der Waals surface area contributed by atoms with Crippen LogP contribution in [0.3, 0.4) is 0 Å². The number of likely N-dealkylation sites (N-methyl/N-ethyl adjacent to an activating group) is 1. The van der Waals surface area contributed by atoms with Gasteiger partial charge in [0.2, 0.25) is 0 Å². The summed E-state index contributed by atoms with van der Waals surface area (Å²) in [6.07, 6.45) is 3.76. The molecule has 1 atom stereocenters. The number of hydrogen-bond donors (Lipinski definition) is 2. The molecule has 0 spiro atoms. The first-order valence-corrected chi connectivity index (χ1v) is 7.39. The molecule has 0 aromatic heterocycles. The summed E-state index contributed by atoms with van der Waals surface area (Å²) < 4.78 is 0. The minimum Gasteiger partial charge on any atom is -0.480 e. The van der Waals surface area contributed by atoms with Gasteiger partial charge in [-0.05, 0) is 66.6 Å². The maximum Gasteiger partial charge on any atom is 0.323 e. The molecular formula is C15H32N2O2. The monoisotopic (exact) mass is 272 g/mol. The van der Waals surface area contributed by atoms with Crippen molar-refractivity contribution in [1.29, 1.82) is 0 Å². The second-order valence-electron chi connectivity index (χ2n) is 6.21. The van der Waals surface area contributed by atoms with E-state index in [2.05, 4.69) is 38.0 Å². The molecule has 2 N–H and O–H groups in total. The minimum atomic E-state index is -0.784. The molecule has 0 rings (SSSR count). The Labute approximate surface area is 118 Å². The first-order valence-electron chi connectivity index (χ1n) is 7.39. The standard InChI is InChI=1S/C15H32N2O2/c1-7-14(3,4)17(6)12-10-9-11-15(5,13(18)19)16-8-2/h16H,7-12H2,1-6H3,(H,18,19). The lowest BCUT2D eigenvalue weighted by Crippen LogP contribution is -2.49. The van der Waals surface area contributed by atoms with E-state index in [9.17, 15) is 9.90 Å². The topological polar surface area (TPSA) is 52.6 Å². The van der Waals surface area contributed by atoms with Crippen LogP contribution in [-0.2, 0) is 4.79 Å². The van der Waals surface area contributed by atoms with Crippen molar-refractivity contribution in [3.63, 3.8) is 0 Å². The van der Waals surface area contributed by atoms with Crippen molar-refractivity contribution >= 4 is 5.97 Å². The van der Waals surface area contributed by atoms with Gasteiger partial charge >= 0.3 is 5.97 Å². The summed E-state index contributed by atoms with van der Waals surface area (Å²) in [7, 11) is 2.14. The molecule has 0 aliphatic rings. The Morgan fingerprint density at radius 3 is 2.21 bits per heavy atom. The Bertz CT molecular complexity index is 279. The lowest BCUT2D eigenvalue weighted by atomic mass is 9.94. The highest BCUT2D eigenvalue weighted by Gasteiger charge is 2.31. The SMILES string of the molecule is CCNC(C)(CCCCN(C)C(C)(C)CC)C(=O)O. The van der Waals surface area contributed by atoms with Gasteiger partial charge in [0.15, 0.2) is 0 Å². The van der Waals surface area contributed by atoms with E-state index in [1.807, 2.05) is 6.92 Å². The van der Waals surface area contributed by atoms with Crippen LogP contribution in [0.4, 0.5) is 0 Å². The van der Waals surface area contributed by atoms with E-state index in [0.717, 1.165) is 25.8 Å². The van der Waals surface area contributed by atoms with Crippen LogP contribution >= 0.6 is 0 Å². The number of carboxylic acids is 1. The van der Waals surface area contributed by atoms with Gasteiger partial charge in [-0.2, -0.15) is 0 Å². The Morgan fingerprint density at radius 2 is 1.79 bits per heavy atom. The van der Waals surface area contributed by atoms with Crippen LogP contribution in [0.25, 0.3) is 0 Å². The Kier molecular flexibility index (Phi) is 7.60. The van der Waals surface area contributed by atoms with Crippen LogP contribution in [0, 0.1) is 0 Å². The molecule has 0 saturated carbocycles. The summed E-state index contributed by atoms with van der Waals surface area (Å²) in [4.78, 5) is 13.6. The second kappa shape index (κ2) is 7.85. The molecule has 0 saturated heterocycles. The first kappa shape index (κ1) is 18.4. The van der Waals surface area contributed by atoms with Crippen LogP contribution in [0.1, 0.15) is 60.3 Å². The summed E-state index contributed by atoms with van der Waals surface area (Å²) in [6, 6.07) is 0. The molecule has 0 bridgehead atoms. The van der Waals surface area contributed by atoms with E-state index in [1.54, 1.807) is 6.92 Å². The van der Waals surface area contributed by atoms with Crippen molar-refractivity contribution in [2.45, 2.75) is 71.4 Å². The van der Waals surface area contributed by atoms with Crippen LogP contribution in [-0.4, -0.2) is 47.2 Å². The third-order valence-electron chi connectivity index (χ3n) is 4.36. The zero-order valence-electron chi connectivity index (χ0n) is 13.5. The first-order chi connectivity index (χ1) is 8.69. The van der Waals surface area contributed by atoms with Crippen molar-refractivity contribution in [1.82, 2.24) is 10.2 Å². The van der Waals surface area contributed by atoms with Gasteiger partial charge in [-0.1, -0.05) is 13.8 Å². The summed E-state index contributed by atoms with van der Waals surface area (Å²) in [5.74, 6) is -0.753. The number of carbonyl (C=O) groups is 1. The number of rotatable bonds is 10. The molecule has 114 valence electrons. The van der Waals surface area contributed by atoms with Crippen molar-refractivity contribution in [3.05, 3.63) is 0 Å². The number of carboxylic acid groups (broad SMARTS) is 1. The van der Waals surface area contributed by atoms with Crippen LogP contribution in [0.15, 0.2) is 0 Å². The van der Waals surface area contributed by atoms with E-state index < -0.39 is 11.5 Å². The van der Waals surface area contributed by atoms with Crippen LogP contribution in [0.2, 0.25) is 0 Å². The molecule has 0 amide bonds. The summed E-state index contributed by atoms with van der Waals surface area (Å²) in [5, 5.41) is 12.3. The zero-order valence-corrected chi connectivity index (χ0v) is 13.5. The molecule has 1 unspecified atom stereocenters. The fourth-order valence-corrected chi connectivity index (χ4v) is 2.06. The molecule has 0 aliphatic carbocycles. The van der Waals surface area contributed by atoms with E-state index in [1.165, 1.54) is 0 Å². The van der Waals surface area contributed by atoms with Crippen molar-refractivity contribution in [2.24, 2.45) is 0 Å². The quantitative estimate of drug-likeness (QED) is 0.600. The van der Waals surface area contributed by atoms with Crippen molar-refractivity contribution in [2.75, 3.05) is 20.1 Å². The molecule has 0 fully saturated rings. The molecule has 4 heteroatoms. The van der Waals surface area contributed by atoms with E-state index >= 15 is 0 Å². The van der Waals surface area contributed by atoms with Gasteiger partial charge < -0.3 is 15.3 Å². The van der Waals surface area contributed by atoms with Gasteiger partial charge in [-0.25, -0.2) is 0 Å². The molecule has 0 aromatic rings. The molecule has 0 heterocycles. The molecular weight excluding hydrogens is 240 g/mol. The number of hydrogen-bond acceptors (Lipinski definition) is 3. The minimum absolute atomic E-state index is 0.220. The Morgan fingerprint density at radius 1 is 1.21 bits per heavy atom. The predicted molar refractivity (Wildman–Crippen MR) is 80.6 cm³/mol. The van der Waals surface area contributed by atoms with Crippen LogP contribution < -0.4 is 5.32 Å². The maximum atomic E-state index is 11.3. The number of nitrogens with zero attached hydrogens (tertiary/aromatic N) is 1. The summed E-state index contributed by atoms with van der Waals surface area (Å²) in [6.45, 7) is 12.1. The third kappa shape index (κ3) is 5.91. The van der Waals surface area contributed by atoms with Crippen molar-refractivity contribution in [3.8, 4) is 0 Å². The highest BCUT2D eigenvalue weighted by Crippen LogP contribution is 2.19. The highest BCUT2D eigenvalue weighted by atomic mass is 16.4. The lowest BCUT2D eigenvalue weighted by molar-refractivity contribution is -0.144. The molecule has 19 heavy (non-hydrogen) atoms. The van der Waals surface area contributed by atoms with E-state index in [4.69, 9.17) is 0 Å². The summed E-state index contributed by atoms with van der Waals surface area (Å²) >= 11 is 0. The predicted octanol–water partition coefficient (Wildman–Crippen LogP) is 2.73. The van der Waals surface area contributed by atoms with Gasteiger partial charge in [0.05, 0.1) is 0 Å². The normalized spacial score (nSPS) is 15.5. The average molecular weight is 272 g/mol. The number of unbranched alkanes of at least 4 members (excludes halogenated alkanes) is 1. The molecule has 0 aromatic carbocycles. The number of aliphatic carboxylic acids is 1. The third-order valence-corrected chi connectivity index (χ3v) is 4.36. The van der Waals surface area contributed by atoms with Gasteiger partial charge in [0.1, 0.15) is 5.54 Å². The van der Waals surface area contributed by atoms with Crippen molar-refractivity contribution < 1.29 is 9.90 Å². The van der Waals surface area contributed by atoms with Gasteiger partial charge in [0, 0.05) is 5.54 Å². The van der Waals surface area contributed by atoms with Gasteiger partial charge in [0.25, 0.3) is 0 Å². The van der Waals surface area contributed by atoms with Crippen LogP contribution in [0.5, 0.6) is 0 Å². The number of nitrogens with one attached hydrogen (secondary N) is 1. The molecule has 0 radical (unpaired) electrons. The van der Waals surface area contributed by atoms with Gasteiger partial charge in [-0.3, -0.25) is 4.79 Å². The lowest BCUT2D eigenvalue weighted by Gasteiger charge is -2.35. The average Bonchev–Trinajstić information content (AvgIpc) is 2.34. The largest absolute Gasteiger partial charge is 0.480 e. The van der Waals surface area contributed by atoms with E-state index in [-0.39, 0.29) is 5.54 Å². The van der Waals surface area contributed by atoms with E-state index in [0.29, 0.717) is 13.0 Å². The molecule has 4 nitrogen and oxygen atoms in total. The van der Waals surface area contributed by atoms with Gasteiger partial charge in [-0.15, -0.1) is 0 Å². The molecule has 0 aliphatic heterocycles. The Balaban J connectivity index is 4.12. The second-order valence-corrected chi connectivity index (χ2v) is 6.21.